The summed E-state index contributed by atoms with van der Waals surface area (Å²) in [6.07, 6.45) is 6.88. The van der Waals surface area contributed by atoms with Crippen molar-refractivity contribution in [3.8, 4) is 0 Å². The first kappa shape index (κ1) is 12.4. The molecule has 16 heavy (non-hydrogen) atoms. The standard InChI is InChI=1S/C14H28N2/c1-4-6-13-9-15-14(12-7-8-12)10-16(13)11(3)5-2/h11-15H,4-10H2,1-3H3. The maximum absolute atomic E-state index is 3.78. The average Bonchev–Trinajstić information content (AvgIpc) is 3.13. The molecule has 1 aliphatic heterocycles. The Morgan fingerprint density at radius 1 is 1.31 bits per heavy atom. The average molecular weight is 224 g/mol. The van der Waals surface area contributed by atoms with Gasteiger partial charge in [0.15, 0.2) is 0 Å². The fourth-order valence-electron chi connectivity index (χ4n) is 3.04. The zero-order valence-electron chi connectivity index (χ0n) is 11.2. The second kappa shape index (κ2) is 5.50. The minimum Gasteiger partial charge on any atom is -0.311 e. The normalized spacial score (nSPS) is 33.9. The molecule has 94 valence electrons. The van der Waals surface area contributed by atoms with Crippen LogP contribution in [-0.4, -0.2) is 36.1 Å². The summed E-state index contributed by atoms with van der Waals surface area (Å²) in [6.45, 7) is 9.55. The van der Waals surface area contributed by atoms with Crippen LogP contribution in [0, 0.1) is 5.92 Å². The molecule has 0 aromatic carbocycles. The maximum atomic E-state index is 3.78. The number of hydrogen-bond acceptors (Lipinski definition) is 2. The van der Waals surface area contributed by atoms with Gasteiger partial charge in [-0.1, -0.05) is 20.3 Å². The van der Waals surface area contributed by atoms with E-state index in [4.69, 9.17) is 0 Å². The van der Waals surface area contributed by atoms with Gasteiger partial charge in [-0.3, -0.25) is 4.90 Å². The molecule has 0 spiro atoms. The Labute approximate surface area is 101 Å². The van der Waals surface area contributed by atoms with Gasteiger partial charge in [0.2, 0.25) is 0 Å². The molecule has 1 N–H and O–H groups in total. The lowest BCUT2D eigenvalue weighted by Crippen LogP contribution is -2.59. The predicted molar refractivity (Wildman–Crippen MR) is 69.7 cm³/mol. The molecule has 0 amide bonds. The molecular formula is C14H28N2. The Bertz CT molecular complexity index is 213. The monoisotopic (exact) mass is 224 g/mol. The summed E-state index contributed by atoms with van der Waals surface area (Å²) in [7, 11) is 0. The molecule has 2 fully saturated rings. The first-order valence-electron chi connectivity index (χ1n) is 7.25. The van der Waals surface area contributed by atoms with Gasteiger partial charge in [0, 0.05) is 31.2 Å². The van der Waals surface area contributed by atoms with Gasteiger partial charge in [-0.25, -0.2) is 0 Å². The van der Waals surface area contributed by atoms with Crippen LogP contribution in [0.2, 0.25) is 0 Å². The summed E-state index contributed by atoms with van der Waals surface area (Å²) in [4.78, 5) is 2.78. The van der Waals surface area contributed by atoms with E-state index in [9.17, 15) is 0 Å². The highest BCUT2D eigenvalue weighted by molar-refractivity contribution is 4.95. The lowest BCUT2D eigenvalue weighted by Gasteiger charge is -2.44. The van der Waals surface area contributed by atoms with E-state index in [0.29, 0.717) is 0 Å². The number of nitrogens with zero attached hydrogens (tertiary/aromatic N) is 1. The van der Waals surface area contributed by atoms with Gasteiger partial charge in [-0.05, 0) is 38.5 Å². The van der Waals surface area contributed by atoms with Crippen molar-refractivity contribution in [3.63, 3.8) is 0 Å². The number of nitrogens with one attached hydrogen (secondary N) is 1. The van der Waals surface area contributed by atoms with Crippen molar-refractivity contribution in [2.24, 2.45) is 5.92 Å². The summed E-state index contributed by atoms with van der Waals surface area (Å²) < 4.78 is 0. The van der Waals surface area contributed by atoms with Crippen LogP contribution in [0.4, 0.5) is 0 Å². The topological polar surface area (TPSA) is 15.3 Å². The van der Waals surface area contributed by atoms with Crippen LogP contribution in [-0.2, 0) is 0 Å². The number of rotatable bonds is 5. The fourth-order valence-corrected chi connectivity index (χ4v) is 3.04. The van der Waals surface area contributed by atoms with Gasteiger partial charge < -0.3 is 5.32 Å². The minimum atomic E-state index is 0.764. The molecule has 0 radical (unpaired) electrons. The Hall–Kier alpha value is -0.0800. The van der Waals surface area contributed by atoms with Crippen molar-refractivity contribution in [2.75, 3.05) is 13.1 Å². The molecule has 1 heterocycles. The van der Waals surface area contributed by atoms with E-state index >= 15 is 0 Å². The van der Waals surface area contributed by atoms with Gasteiger partial charge in [0.25, 0.3) is 0 Å². The van der Waals surface area contributed by atoms with Crippen molar-refractivity contribution < 1.29 is 0 Å². The van der Waals surface area contributed by atoms with Gasteiger partial charge in [0.05, 0.1) is 0 Å². The van der Waals surface area contributed by atoms with Gasteiger partial charge in [-0.2, -0.15) is 0 Å². The van der Waals surface area contributed by atoms with E-state index in [1.54, 1.807) is 0 Å². The first-order valence-corrected chi connectivity index (χ1v) is 7.25. The SMILES string of the molecule is CCCC1CNC(C2CC2)CN1C(C)CC. The molecule has 3 atom stereocenters. The molecule has 2 heteroatoms. The molecule has 1 saturated carbocycles. The third-order valence-corrected chi connectivity index (χ3v) is 4.46. The van der Waals surface area contributed by atoms with Crippen LogP contribution in [0.25, 0.3) is 0 Å². The Morgan fingerprint density at radius 3 is 2.62 bits per heavy atom. The summed E-state index contributed by atoms with van der Waals surface area (Å²) in [5.41, 5.74) is 0. The summed E-state index contributed by atoms with van der Waals surface area (Å²) in [5, 5.41) is 3.78. The highest BCUT2D eigenvalue weighted by atomic mass is 15.3. The van der Waals surface area contributed by atoms with Gasteiger partial charge >= 0.3 is 0 Å². The quantitative estimate of drug-likeness (QED) is 0.772. The Kier molecular flexibility index (Phi) is 4.26. The van der Waals surface area contributed by atoms with E-state index in [2.05, 4.69) is 31.0 Å². The zero-order valence-corrected chi connectivity index (χ0v) is 11.2. The summed E-state index contributed by atoms with van der Waals surface area (Å²) >= 11 is 0. The van der Waals surface area contributed by atoms with Crippen molar-refractivity contribution in [3.05, 3.63) is 0 Å². The van der Waals surface area contributed by atoms with Crippen molar-refractivity contribution in [2.45, 2.75) is 71.0 Å². The van der Waals surface area contributed by atoms with Crippen LogP contribution in [0.15, 0.2) is 0 Å². The van der Waals surface area contributed by atoms with Crippen molar-refractivity contribution >= 4 is 0 Å². The lowest BCUT2D eigenvalue weighted by molar-refractivity contribution is 0.0756. The van der Waals surface area contributed by atoms with E-state index in [1.165, 1.54) is 45.2 Å². The van der Waals surface area contributed by atoms with E-state index < -0.39 is 0 Å². The fraction of sp³-hybridized carbons (Fsp3) is 1.00. The van der Waals surface area contributed by atoms with E-state index in [1.807, 2.05) is 0 Å². The molecule has 2 nitrogen and oxygen atoms in total. The van der Waals surface area contributed by atoms with Crippen LogP contribution in [0.5, 0.6) is 0 Å². The second-order valence-corrected chi connectivity index (χ2v) is 5.75. The first-order chi connectivity index (χ1) is 7.76. The highest BCUT2D eigenvalue weighted by Crippen LogP contribution is 2.35. The van der Waals surface area contributed by atoms with Crippen LogP contribution < -0.4 is 5.32 Å². The van der Waals surface area contributed by atoms with Crippen LogP contribution in [0.3, 0.4) is 0 Å². The van der Waals surface area contributed by atoms with Gasteiger partial charge in [0.1, 0.15) is 0 Å². The largest absolute Gasteiger partial charge is 0.311 e. The molecule has 2 aliphatic rings. The zero-order chi connectivity index (χ0) is 11.5. The molecule has 0 bridgehead atoms. The third-order valence-electron chi connectivity index (χ3n) is 4.46. The Morgan fingerprint density at radius 2 is 2.06 bits per heavy atom. The molecule has 0 aromatic rings. The summed E-state index contributed by atoms with van der Waals surface area (Å²) in [5.74, 6) is 0.995. The molecule has 2 rings (SSSR count). The Balaban J connectivity index is 1.93. The van der Waals surface area contributed by atoms with Crippen LogP contribution in [0.1, 0.15) is 52.9 Å². The molecular weight excluding hydrogens is 196 g/mol. The number of hydrogen-bond donors (Lipinski definition) is 1. The number of piperazine rings is 1. The van der Waals surface area contributed by atoms with Crippen molar-refractivity contribution in [1.29, 1.82) is 0 Å². The molecule has 3 unspecified atom stereocenters. The van der Waals surface area contributed by atoms with E-state index in [-0.39, 0.29) is 0 Å². The highest BCUT2D eigenvalue weighted by Gasteiger charge is 2.37. The second-order valence-electron chi connectivity index (χ2n) is 5.75. The summed E-state index contributed by atoms with van der Waals surface area (Å²) in [6, 6.07) is 2.34. The molecule has 0 aromatic heterocycles. The van der Waals surface area contributed by atoms with E-state index in [0.717, 1.165) is 24.0 Å². The smallest absolute Gasteiger partial charge is 0.0224 e. The maximum Gasteiger partial charge on any atom is 0.0224 e. The lowest BCUT2D eigenvalue weighted by atomic mass is 9.99. The molecule has 1 saturated heterocycles. The molecule has 1 aliphatic carbocycles. The van der Waals surface area contributed by atoms with Gasteiger partial charge in [-0.15, -0.1) is 0 Å². The third kappa shape index (κ3) is 2.78. The predicted octanol–water partition coefficient (Wildman–Crippen LogP) is 2.64. The van der Waals surface area contributed by atoms with Crippen LogP contribution >= 0.6 is 0 Å². The minimum absolute atomic E-state index is 0.764. The van der Waals surface area contributed by atoms with Crippen molar-refractivity contribution in [1.82, 2.24) is 10.2 Å².